The Morgan fingerprint density at radius 2 is 1.71 bits per heavy atom. The van der Waals surface area contributed by atoms with Crippen LogP contribution in [-0.2, 0) is 0 Å². The normalized spacial score (nSPS) is 10.8. The van der Waals surface area contributed by atoms with Gasteiger partial charge in [-0.15, -0.1) is 0 Å². The van der Waals surface area contributed by atoms with Crippen molar-refractivity contribution in [2.75, 3.05) is 18.2 Å². The number of pyridine rings is 1. The van der Waals surface area contributed by atoms with Crippen LogP contribution in [0, 0.1) is 13.8 Å². The maximum atomic E-state index is 13.3. The SMILES string of the molecule is COc1cccc(C(=O)c2c(N)c(C(=O)Nc3cc(C)cc(C)c3)c3ccccn23)c1. The molecule has 2 heterocycles. The van der Waals surface area contributed by atoms with Gasteiger partial charge >= 0.3 is 0 Å². The lowest BCUT2D eigenvalue weighted by Crippen LogP contribution is -2.14. The molecular weight excluding hydrogens is 390 g/mol. The largest absolute Gasteiger partial charge is 0.497 e. The summed E-state index contributed by atoms with van der Waals surface area (Å²) in [7, 11) is 1.54. The number of carbonyl (C=O) groups excluding carboxylic acids is 2. The van der Waals surface area contributed by atoms with Gasteiger partial charge in [0.25, 0.3) is 5.91 Å². The molecule has 4 aromatic rings. The van der Waals surface area contributed by atoms with E-state index in [4.69, 9.17) is 10.5 Å². The zero-order chi connectivity index (χ0) is 22.1. The fourth-order valence-electron chi connectivity index (χ4n) is 3.84. The number of nitrogens with two attached hydrogens (primary N) is 1. The van der Waals surface area contributed by atoms with E-state index in [0.717, 1.165) is 11.1 Å². The van der Waals surface area contributed by atoms with Gasteiger partial charge in [0.15, 0.2) is 0 Å². The first-order valence-corrected chi connectivity index (χ1v) is 9.86. The third kappa shape index (κ3) is 3.75. The summed E-state index contributed by atoms with van der Waals surface area (Å²) in [6.07, 6.45) is 1.73. The number of aromatic nitrogens is 1. The molecule has 0 aliphatic carbocycles. The van der Waals surface area contributed by atoms with E-state index in [9.17, 15) is 9.59 Å². The van der Waals surface area contributed by atoms with Crippen molar-refractivity contribution in [2.45, 2.75) is 13.8 Å². The summed E-state index contributed by atoms with van der Waals surface area (Å²) in [6, 6.07) is 18.0. The summed E-state index contributed by atoms with van der Waals surface area (Å²) in [5.74, 6) is -0.0861. The van der Waals surface area contributed by atoms with Gasteiger partial charge in [-0.05, 0) is 61.4 Å². The number of carbonyl (C=O) groups is 2. The fraction of sp³-hybridized carbons (Fsp3) is 0.120. The maximum absolute atomic E-state index is 13.3. The molecule has 0 fully saturated rings. The molecule has 0 aliphatic rings. The zero-order valence-corrected chi connectivity index (χ0v) is 17.6. The van der Waals surface area contributed by atoms with Crippen molar-refractivity contribution in [3.05, 3.63) is 94.8 Å². The quantitative estimate of drug-likeness (QED) is 0.467. The predicted molar refractivity (Wildman–Crippen MR) is 122 cm³/mol. The second-order valence-electron chi connectivity index (χ2n) is 7.48. The van der Waals surface area contributed by atoms with Crippen LogP contribution >= 0.6 is 0 Å². The number of nitrogens with one attached hydrogen (secondary N) is 1. The molecule has 4 rings (SSSR count). The lowest BCUT2D eigenvalue weighted by molar-refractivity contribution is 0.102. The first-order valence-electron chi connectivity index (χ1n) is 9.86. The minimum Gasteiger partial charge on any atom is -0.497 e. The monoisotopic (exact) mass is 413 g/mol. The molecule has 0 saturated carbocycles. The molecule has 2 aromatic carbocycles. The molecule has 6 nitrogen and oxygen atoms in total. The van der Waals surface area contributed by atoms with Gasteiger partial charge in [-0.25, -0.2) is 0 Å². The number of amides is 1. The summed E-state index contributed by atoms with van der Waals surface area (Å²) < 4.78 is 6.89. The molecule has 0 atom stereocenters. The number of ketones is 1. The second kappa shape index (κ2) is 7.99. The van der Waals surface area contributed by atoms with Gasteiger partial charge in [0.1, 0.15) is 11.4 Å². The van der Waals surface area contributed by atoms with E-state index in [1.807, 2.05) is 38.1 Å². The molecule has 1 amide bonds. The van der Waals surface area contributed by atoms with E-state index in [0.29, 0.717) is 22.5 Å². The van der Waals surface area contributed by atoms with Crippen molar-refractivity contribution in [1.29, 1.82) is 0 Å². The Kier molecular flexibility index (Phi) is 5.21. The molecule has 0 bridgehead atoms. The number of ether oxygens (including phenoxy) is 1. The van der Waals surface area contributed by atoms with E-state index in [-0.39, 0.29) is 28.6 Å². The van der Waals surface area contributed by atoms with E-state index in [1.54, 1.807) is 54.1 Å². The number of benzene rings is 2. The zero-order valence-electron chi connectivity index (χ0n) is 17.6. The van der Waals surface area contributed by atoms with Gasteiger partial charge in [-0.1, -0.05) is 24.3 Å². The molecule has 2 aromatic heterocycles. The third-order valence-corrected chi connectivity index (χ3v) is 5.14. The summed E-state index contributed by atoms with van der Waals surface area (Å²) in [5.41, 5.74) is 10.8. The van der Waals surface area contributed by atoms with Crippen molar-refractivity contribution in [2.24, 2.45) is 0 Å². The highest BCUT2D eigenvalue weighted by atomic mass is 16.5. The van der Waals surface area contributed by atoms with Gasteiger partial charge in [0, 0.05) is 17.4 Å². The number of hydrogen-bond acceptors (Lipinski definition) is 4. The Hall–Kier alpha value is -4.06. The van der Waals surface area contributed by atoms with Gasteiger partial charge in [0.05, 0.1) is 23.9 Å². The Bertz CT molecular complexity index is 1300. The number of methoxy groups -OCH3 is 1. The summed E-state index contributed by atoms with van der Waals surface area (Å²) in [4.78, 5) is 26.6. The first-order chi connectivity index (χ1) is 14.9. The minimum atomic E-state index is -0.365. The van der Waals surface area contributed by atoms with Crippen molar-refractivity contribution < 1.29 is 14.3 Å². The minimum absolute atomic E-state index is 0.140. The standard InChI is InChI=1S/C25H23N3O3/c1-15-11-16(2)13-18(12-15)27-25(30)21-20-9-4-5-10-28(20)23(22(21)26)24(29)17-7-6-8-19(14-17)31-3/h4-14H,26H2,1-3H3,(H,27,30). The number of anilines is 2. The van der Waals surface area contributed by atoms with Crippen LogP contribution in [0.5, 0.6) is 5.75 Å². The summed E-state index contributed by atoms with van der Waals surface area (Å²) >= 11 is 0. The maximum Gasteiger partial charge on any atom is 0.259 e. The van der Waals surface area contributed by atoms with E-state index < -0.39 is 0 Å². The topological polar surface area (TPSA) is 85.8 Å². The van der Waals surface area contributed by atoms with Crippen LogP contribution in [0.1, 0.15) is 37.5 Å². The smallest absolute Gasteiger partial charge is 0.259 e. The Morgan fingerprint density at radius 3 is 2.42 bits per heavy atom. The molecule has 31 heavy (non-hydrogen) atoms. The number of nitrogens with zero attached hydrogens (tertiary/aromatic N) is 1. The molecule has 0 saturated heterocycles. The second-order valence-corrected chi connectivity index (χ2v) is 7.48. The lowest BCUT2D eigenvalue weighted by atomic mass is 10.1. The van der Waals surface area contributed by atoms with Gasteiger partial charge in [-0.2, -0.15) is 0 Å². The summed E-state index contributed by atoms with van der Waals surface area (Å²) in [6.45, 7) is 3.94. The van der Waals surface area contributed by atoms with E-state index in [2.05, 4.69) is 5.32 Å². The Labute approximate surface area is 180 Å². The van der Waals surface area contributed by atoms with Crippen LogP contribution in [-0.4, -0.2) is 23.2 Å². The number of nitrogen functional groups attached to an aromatic ring is 1. The first kappa shape index (κ1) is 20.2. The number of rotatable bonds is 5. The number of hydrogen-bond donors (Lipinski definition) is 2. The highest BCUT2D eigenvalue weighted by Crippen LogP contribution is 2.30. The molecule has 3 N–H and O–H groups in total. The highest BCUT2D eigenvalue weighted by molar-refractivity contribution is 6.20. The van der Waals surface area contributed by atoms with Crippen LogP contribution in [0.25, 0.3) is 5.52 Å². The molecule has 0 radical (unpaired) electrons. The van der Waals surface area contributed by atoms with Crippen molar-refractivity contribution in [3.63, 3.8) is 0 Å². The van der Waals surface area contributed by atoms with Crippen LogP contribution in [0.2, 0.25) is 0 Å². The van der Waals surface area contributed by atoms with E-state index in [1.165, 1.54) is 0 Å². The molecule has 0 spiro atoms. The van der Waals surface area contributed by atoms with Gasteiger partial charge in [0.2, 0.25) is 5.78 Å². The van der Waals surface area contributed by atoms with Crippen LogP contribution in [0.4, 0.5) is 11.4 Å². The average Bonchev–Trinajstić information content (AvgIpc) is 3.04. The highest BCUT2D eigenvalue weighted by Gasteiger charge is 2.26. The molecule has 0 unspecified atom stereocenters. The molecular formula is C25H23N3O3. The fourth-order valence-corrected chi connectivity index (χ4v) is 3.84. The predicted octanol–water partition coefficient (Wildman–Crippen LogP) is 4.63. The van der Waals surface area contributed by atoms with Crippen LogP contribution in [0.3, 0.4) is 0 Å². The van der Waals surface area contributed by atoms with E-state index >= 15 is 0 Å². The average molecular weight is 413 g/mol. The van der Waals surface area contributed by atoms with Crippen molar-refractivity contribution >= 4 is 28.6 Å². The van der Waals surface area contributed by atoms with Gasteiger partial charge < -0.3 is 20.2 Å². The van der Waals surface area contributed by atoms with Crippen molar-refractivity contribution in [1.82, 2.24) is 4.40 Å². The van der Waals surface area contributed by atoms with Crippen LogP contribution < -0.4 is 15.8 Å². The summed E-state index contributed by atoms with van der Waals surface area (Å²) in [5, 5.41) is 2.92. The molecule has 156 valence electrons. The Balaban J connectivity index is 1.81. The number of aryl methyl sites for hydroxylation is 2. The van der Waals surface area contributed by atoms with Crippen LogP contribution in [0.15, 0.2) is 66.9 Å². The molecule has 6 heteroatoms. The molecule has 0 aliphatic heterocycles. The number of fused-ring (bicyclic) bond motifs is 1. The third-order valence-electron chi connectivity index (χ3n) is 5.14. The Morgan fingerprint density at radius 1 is 0.968 bits per heavy atom. The lowest BCUT2D eigenvalue weighted by Gasteiger charge is -2.08. The van der Waals surface area contributed by atoms with Crippen molar-refractivity contribution in [3.8, 4) is 5.75 Å². The van der Waals surface area contributed by atoms with Gasteiger partial charge in [-0.3, -0.25) is 9.59 Å².